The third kappa shape index (κ3) is 2.26. The van der Waals surface area contributed by atoms with Crippen molar-refractivity contribution in [2.24, 2.45) is 5.92 Å². The third-order valence-corrected chi connectivity index (χ3v) is 7.09. The molecule has 3 fully saturated rings. The van der Waals surface area contributed by atoms with Gasteiger partial charge in [0.2, 0.25) is 0 Å². The standard InChI is InChI=1S/C12H20O2S2/c1-2-10(3-4-11-15-8-9-16-11)12(5-1)13-6-7-14-12/h10-11H,1-9H2. The van der Waals surface area contributed by atoms with Gasteiger partial charge in [0.05, 0.1) is 17.8 Å². The van der Waals surface area contributed by atoms with Crippen LogP contribution in [0.25, 0.3) is 0 Å². The van der Waals surface area contributed by atoms with E-state index in [1.165, 1.54) is 37.2 Å². The van der Waals surface area contributed by atoms with Crippen LogP contribution >= 0.6 is 23.5 Å². The summed E-state index contributed by atoms with van der Waals surface area (Å²) in [7, 11) is 0. The molecule has 1 saturated carbocycles. The highest BCUT2D eigenvalue weighted by Crippen LogP contribution is 2.46. The topological polar surface area (TPSA) is 18.5 Å². The Morgan fingerprint density at radius 2 is 1.81 bits per heavy atom. The zero-order valence-electron chi connectivity index (χ0n) is 9.65. The fourth-order valence-corrected chi connectivity index (χ4v) is 6.01. The predicted molar refractivity (Wildman–Crippen MR) is 69.9 cm³/mol. The van der Waals surface area contributed by atoms with Crippen LogP contribution in [0.5, 0.6) is 0 Å². The maximum atomic E-state index is 5.89. The Kier molecular flexibility index (Phi) is 3.72. The van der Waals surface area contributed by atoms with Crippen LogP contribution < -0.4 is 0 Å². The minimum atomic E-state index is -0.159. The summed E-state index contributed by atoms with van der Waals surface area (Å²) < 4.78 is 12.6. The van der Waals surface area contributed by atoms with Crippen molar-refractivity contribution in [3.8, 4) is 0 Å². The largest absolute Gasteiger partial charge is 0.347 e. The van der Waals surface area contributed by atoms with E-state index >= 15 is 0 Å². The fourth-order valence-electron chi connectivity index (χ4n) is 3.14. The van der Waals surface area contributed by atoms with Crippen LogP contribution in [0.3, 0.4) is 0 Å². The lowest BCUT2D eigenvalue weighted by atomic mass is 9.97. The highest BCUT2D eigenvalue weighted by Gasteiger charge is 2.47. The van der Waals surface area contributed by atoms with E-state index in [-0.39, 0.29) is 5.79 Å². The predicted octanol–water partition coefficient (Wildman–Crippen LogP) is 3.12. The van der Waals surface area contributed by atoms with Gasteiger partial charge in [0.15, 0.2) is 5.79 Å². The summed E-state index contributed by atoms with van der Waals surface area (Å²) in [6, 6.07) is 0. The van der Waals surface area contributed by atoms with Crippen molar-refractivity contribution in [3.63, 3.8) is 0 Å². The molecule has 0 bridgehead atoms. The molecule has 0 amide bonds. The Morgan fingerprint density at radius 3 is 2.56 bits per heavy atom. The van der Waals surface area contributed by atoms with Crippen LogP contribution in [-0.4, -0.2) is 35.1 Å². The summed E-state index contributed by atoms with van der Waals surface area (Å²) in [5, 5.41) is 0. The molecule has 92 valence electrons. The molecule has 0 N–H and O–H groups in total. The maximum Gasteiger partial charge on any atom is 0.171 e. The zero-order valence-corrected chi connectivity index (χ0v) is 11.3. The molecule has 4 heteroatoms. The highest BCUT2D eigenvalue weighted by atomic mass is 32.2. The van der Waals surface area contributed by atoms with Gasteiger partial charge in [0.1, 0.15) is 0 Å². The van der Waals surface area contributed by atoms with Crippen LogP contribution in [0.2, 0.25) is 0 Å². The van der Waals surface area contributed by atoms with Gasteiger partial charge in [-0.25, -0.2) is 0 Å². The van der Waals surface area contributed by atoms with Crippen molar-refractivity contribution >= 4 is 23.5 Å². The Bertz CT molecular complexity index is 230. The second kappa shape index (κ2) is 5.09. The van der Waals surface area contributed by atoms with Gasteiger partial charge in [0.25, 0.3) is 0 Å². The smallest absolute Gasteiger partial charge is 0.171 e. The fraction of sp³-hybridized carbons (Fsp3) is 1.00. The van der Waals surface area contributed by atoms with E-state index in [1.54, 1.807) is 0 Å². The average molecular weight is 260 g/mol. The van der Waals surface area contributed by atoms with E-state index < -0.39 is 0 Å². The van der Waals surface area contributed by atoms with Gasteiger partial charge in [-0.3, -0.25) is 0 Å². The minimum absolute atomic E-state index is 0.159. The number of ether oxygens (including phenoxy) is 2. The molecule has 0 aromatic rings. The first kappa shape index (κ1) is 11.7. The molecule has 1 unspecified atom stereocenters. The minimum Gasteiger partial charge on any atom is -0.347 e. The molecule has 16 heavy (non-hydrogen) atoms. The Hall–Kier alpha value is 0.620. The molecular weight excluding hydrogens is 240 g/mol. The van der Waals surface area contributed by atoms with E-state index in [0.717, 1.165) is 24.2 Å². The van der Waals surface area contributed by atoms with Crippen molar-refractivity contribution < 1.29 is 9.47 Å². The lowest BCUT2D eigenvalue weighted by Gasteiger charge is -2.29. The molecule has 2 aliphatic heterocycles. The lowest BCUT2D eigenvalue weighted by Crippen LogP contribution is -2.34. The van der Waals surface area contributed by atoms with Crippen molar-refractivity contribution in [1.82, 2.24) is 0 Å². The molecule has 0 aromatic carbocycles. The van der Waals surface area contributed by atoms with Crippen LogP contribution in [0.4, 0.5) is 0 Å². The second-order valence-corrected chi connectivity index (χ2v) is 7.77. The van der Waals surface area contributed by atoms with Crippen molar-refractivity contribution in [1.29, 1.82) is 0 Å². The average Bonchev–Trinajstić information content (AvgIpc) is 3.01. The van der Waals surface area contributed by atoms with Crippen molar-refractivity contribution in [2.75, 3.05) is 24.7 Å². The molecular formula is C12H20O2S2. The molecule has 1 aliphatic carbocycles. The molecule has 3 rings (SSSR count). The van der Waals surface area contributed by atoms with Crippen molar-refractivity contribution in [2.45, 2.75) is 42.5 Å². The summed E-state index contributed by atoms with van der Waals surface area (Å²) in [6.45, 7) is 1.62. The second-order valence-electron chi connectivity index (χ2n) is 4.85. The summed E-state index contributed by atoms with van der Waals surface area (Å²) in [6.07, 6.45) is 6.36. The van der Waals surface area contributed by atoms with Gasteiger partial charge in [0, 0.05) is 23.8 Å². The van der Waals surface area contributed by atoms with Gasteiger partial charge in [-0.05, 0) is 25.7 Å². The molecule has 2 saturated heterocycles. The first-order chi connectivity index (χ1) is 7.89. The van der Waals surface area contributed by atoms with Crippen LogP contribution in [0.15, 0.2) is 0 Å². The van der Waals surface area contributed by atoms with E-state index in [9.17, 15) is 0 Å². The SMILES string of the molecule is C1CC(CCC2SCCS2)C2(C1)OCCO2. The van der Waals surface area contributed by atoms with E-state index in [4.69, 9.17) is 9.47 Å². The van der Waals surface area contributed by atoms with Gasteiger partial charge in [-0.2, -0.15) is 0 Å². The third-order valence-electron chi connectivity index (χ3n) is 3.92. The molecule has 2 heterocycles. The summed E-state index contributed by atoms with van der Waals surface area (Å²) in [5.41, 5.74) is 0. The number of thioether (sulfide) groups is 2. The molecule has 2 nitrogen and oxygen atoms in total. The summed E-state index contributed by atoms with van der Waals surface area (Å²) >= 11 is 4.28. The maximum absolute atomic E-state index is 5.89. The number of hydrogen-bond donors (Lipinski definition) is 0. The van der Waals surface area contributed by atoms with Crippen LogP contribution in [0, 0.1) is 5.92 Å². The molecule has 1 atom stereocenters. The molecule has 1 spiro atoms. The highest BCUT2D eigenvalue weighted by molar-refractivity contribution is 8.20. The summed E-state index contributed by atoms with van der Waals surface area (Å²) in [4.78, 5) is 0. The normalized spacial score (nSPS) is 34.1. The first-order valence-corrected chi connectivity index (χ1v) is 8.50. The Balaban J connectivity index is 1.53. The van der Waals surface area contributed by atoms with Gasteiger partial charge in [-0.1, -0.05) is 0 Å². The molecule has 3 aliphatic rings. The van der Waals surface area contributed by atoms with Crippen LogP contribution in [-0.2, 0) is 9.47 Å². The van der Waals surface area contributed by atoms with Crippen LogP contribution in [0.1, 0.15) is 32.1 Å². The van der Waals surface area contributed by atoms with Gasteiger partial charge < -0.3 is 9.47 Å². The zero-order chi connectivity index (χ0) is 10.8. The summed E-state index contributed by atoms with van der Waals surface area (Å²) in [5.74, 6) is 3.20. The number of hydrogen-bond acceptors (Lipinski definition) is 4. The van der Waals surface area contributed by atoms with E-state index in [2.05, 4.69) is 23.5 Å². The van der Waals surface area contributed by atoms with Crippen molar-refractivity contribution in [3.05, 3.63) is 0 Å². The number of rotatable bonds is 3. The quantitative estimate of drug-likeness (QED) is 0.776. The lowest BCUT2D eigenvalue weighted by molar-refractivity contribution is -0.182. The van der Waals surface area contributed by atoms with E-state index in [0.29, 0.717) is 5.92 Å². The monoisotopic (exact) mass is 260 g/mol. The Morgan fingerprint density at radius 1 is 1.06 bits per heavy atom. The van der Waals surface area contributed by atoms with E-state index in [1.807, 2.05) is 0 Å². The van der Waals surface area contributed by atoms with Gasteiger partial charge in [-0.15, -0.1) is 23.5 Å². The Labute approximate surface area is 106 Å². The molecule has 0 radical (unpaired) electrons. The van der Waals surface area contributed by atoms with Gasteiger partial charge >= 0.3 is 0 Å². The molecule has 0 aromatic heterocycles. The first-order valence-electron chi connectivity index (χ1n) is 6.40.